The highest BCUT2D eigenvalue weighted by Crippen LogP contribution is 2.35. The highest BCUT2D eigenvalue weighted by molar-refractivity contribution is 5.35. The zero-order valence-electron chi connectivity index (χ0n) is 7.67. The molecule has 1 aliphatic heterocycles. The summed E-state index contributed by atoms with van der Waals surface area (Å²) in [6.07, 6.45) is 9.94. The van der Waals surface area contributed by atoms with Crippen LogP contribution in [-0.4, -0.2) is 0 Å². The molecule has 0 saturated heterocycles. The molecule has 2 unspecified atom stereocenters. The summed E-state index contributed by atoms with van der Waals surface area (Å²) in [7, 11) is 0. The Morgan fingerprint density at radius 3 is 3.08 bits per heavy atom. The van der Waals surface area contributed by atoms with Gasteiger partial charge in [-0.05, 0) is 24.0 Å². The maximum absolute atomic E-state index is 3.34. The fraction of sp³-hybridized carbons (Fsp3) is 0.455. The third-order valence-corrected chi connectivity index (χ3v) is 2.78. The summed E-state index contributed by atoms with van der Waals surface area (Å²) in [6.45, 7) is 4.51. The van der Waals surface area contributed by atoms with Crippen LogP contribution in [0, 0.1) is 11.8 Å². The summed E-state index contributed by atoms with van der Waals surface area (Å²) < 4.78 is 0. The van der Waals surface area contributed by atoms with Gasteiger partial charge in [0.2, 0.25) is 0 Å². The fourth-order valence-corrected chi connectivity index (χ4v) is 2.10. The van der Waals surface area contributed by atoms with Gasteiger partial charge in [-0.3, -0.25) is 0 Å². The Hall–Kier alpha value is -0.980. The molecular formula is C11H15N. The second-order valence-corrected chi connectivity index (χ2v) is 3.56. The van der Waals surface area contributed by atoms with Gasteiger partial charge in [-0.15, -0.1) is 0 Å². The first-order valence-corrected chi connectivity index (χ1v) is 4.66. The molecule has 64 valence electrons. The molecule has 0 spiro atoms. The van der Waals surface area contributed by atoms with Crippen LogP contribution in [0.5, 0.6) is 0 Å². The summed E-state index contributed by atoms with van der Waals surface area (Å²) in [6, 6.07) is 0. The average Bonchev–Trinajstić information content (AvgIpc) is 2.49. The van der Waals surface area contributed by atoms with Gasteiger partial charge in [0, 0.05) is 17.8 Å². The lowest BCUT2D eigenvalue weighted by molar-refractivity contribution is 0.540. The third kappa shape index (κ3) is 1.01. The van der Waals surface area contributed by atoms with Crippen LogP contribution in [0.3, 0.4) is 0 Å². The minimum Gasteiger partial charge on any atom is -0.365 e. The molecule has 0 aromatic rings. The standard InChI is InChI=1S/C11H15N/c1-3-9-7-12-10-6-4-5-8(2)11(9)10/h4-8,11-12H,3H2,1-2H3. The summed E-state index contributed by atoms with van der Waals surface area (Å²) >= 11 is 0. The molecule has 1 heterocycles. The fourth-order valence-electron chi connectivity index (χ4n) is 2.10. The van der Waals surface area contributed by atoms with E-state index in [1.165, 1.54) is 11.3 Å². The third-order valence-electron chi connectivity index (χ3n) is 2.78. The van der Waals surface area contributed by atoms with E-state index in [-0.39, 0.29) is 0 Å². The largest absolute Gasteiger partial charge is 0.365 e. The molecule has 1 nitrogen and oxygen atoms in total. The number of hydrogen-bond acceptors (Lipinski definition) is 1. The van der Waals surface area contributed by atoms with Crippen LogP contribution in [0.25, 0.3) is 0 Å². The Balaban J connectivity index is 2.28. The lowest BCUT2D eigenvalue weighted by Crippen LogP contribution is -2.17. The van der Waals surface area contributed by atoms with E-state index in [1.54, 1.807) is 0 Å². The van der Waals surface area contributed by atoms with Gasteiger partial charge in [-0.25, -0.2) is 0 Å². The van der Waals surface area contributed by atoms with Crippen molar-refractivity contribution in [3.05, 3.63) is 35.7 Å². The van der Waals surface area contributed by atoms with Crippen molar-refractivity contribution in [3.63, 3.8) is 0 Å². The lowest BCUT2D eigenvalue weighted by atomic mass is 9.83. The number of rotatable bonds is 1. The normalized spacial score (nSPS) is 32.2. The van der Waals surface area contributed by atoms with Crippen molar-refractivity contribution in [2.24, 2.45) is 11.8 Å². The minimum absolute atomic E-state index is 0.639. The molecule has 12 heavy (non-hydrogen) atoms. The second-order valence-electron chi connectivity index (χ2n) is 3.56. The highest BCUT2D eigenvalue weighted by Gasteiger charge is 2.28. The average molecular weight is 161 g/mol. The number of allylic oxidation sites excluding steroid dienone is 4. The van der Waals surface area contributed by atoms with Gasteiger partial charge in [0.15, 0.2) is 0 Å². The van der Waals surface area contributed by atoms with Crippen LogP contribution in [0.2, 0.25) is 0 Å². The number of nitrogens with one attached hydrogen (secondary N) is 1. The van der Waals surface area contributed by atoms with E-state index in [9.17, 15) is 0 Å². The van der Waals surface area contributed by atoms with E-state index in [1.807, 2.05) is 0 Å². The predicted octanol–water partition coefficient (Wildman–Crippen LogP) is 2.59. The van der Waals surface area contributed by atoms with Crippen LogP contribution in [0.1, 0.15) is 20.3 Å². The highest BCUT2D eigenvalue weighted by atomic mass is 14.9. The Bertz CT molecular complexity index is 271. The summed E-state index contributed by atoms with van der Waals surface area (Å²) in [5.41, 5.74) is 2.92. The first-order valence-electron chi connectivity index (χ1n) is 4.66. The number of fused-ring (bicyclic) bond motifs is 1. The van der Waals surface area contributed by atoms with Crippen molar-refractivity contribution in [1.82, 2.24) is 5.32 Å². The van der Waals surface area contributed by atoms with Crippen LogP contribution < -0.4 is 5.32 Å². The minimum atomic E-state index is 0.639. The molecule has 0 saturated carbocycles. The van der Waals surface area contributed by atoms with E-state index in [4.69, 9.17) is 0 Å². The van der Waals surface area contributed by atoms with Crippen molar-refractivity contribution in [2.75, 3.05) is 0 Å². The van der Waals surface area contributed by atoms with Gasteiger partial charge in [-0.1, -0.05) is 26.0 Å². The van der Waals surface area contributed by atoms with Crippen molar-refractivity contribution >= 4 is 0 Å². The smallest absolute Gasteiger partial charge is 0.0277 e. The molecule has 1 heteroatoms. The Morgan fingerprint density at radius 2 is 2.33 bits per heavy atom. The monoisotopic (exact) mass is 161 g/mol. The van der Waals surface area contributed by atoms with Gasteiger partial charge >= 0.3 is 0 Å². The first kappa shape index (κ1) is 7.66. The van der Waals surface area contributed by atoms with Gasteiger partial charge < -0.3 is 5.32 Å². The Labute approximate surface area is 73.9 Å². The molecule has 1 aliphatic carbocycles. The van der Waals surface area contributed by atoms with Crippen LogP contribution >= 0.6 is 0 Å². The SMILES string of the molecule is CCC1=CNC2=CC=CC(C)C12. The Morgan fingerprint density at radius 1 is 1.50 bits per heavy atom. The summed E-state index contributed by atoms with van der Waals surface area (Å²) in [4.78, 5) is 0. The van der Waals surface area contributed by atoms with Crippen LogP contribution in [0.15, 0.2) is 35.7 Å². The maximum Gasteiger partial charge on any atom is 0.0277 e. The van der Waals surface area contributed by atoms with E-state index in [0.29, 0.717) is 11.8 Å². The summed E-state index contributed by atoms with van der Waals surface area (Å²) in [5, 5.41) is 3.34. The molecule has 1 N–H and O–H groups in total. The molecule has 0 radical (unpaired) electrons. The maximum atomic E-state index is 3.34. The molecule has 0 bridgehead atoms. The van der Waals surface area contributed by atoms with Crippen molar-refractivity contribution in [3.8, 4) is 0 Å². The zero-order chi connectivity index (χ0) is 8.55. The van der Waals surface area contributed by atoms with Crippen LogP contribution in [0.4, 0.5) is 0 Å². The molecule has 0 fully saturated rings. The molecule has 0 amide bonds. The molecule has 0 aromatic heterocycles. The van der Waals surface area contributed by atoms with Crippen molar-refractivity contribution < 1.29 is 0 Å². The Kier molecular flexibility index (Phi) is 1.80. The van der Waals surface area contributed by atoms with Gasteiger partial charge in [0.1, 0.15) is 0 Å². The van der Waals surface area contributed by atoms with E-state index < -0.39 is 0 Å². The second kappa shape index (κ2) is 2.81. The summed E-state index contributed by atoms with van der Waals surface area (Å²) in [5.74, 6) is 1.30. The van der Waals surface area contributed by atoms with Gasteiger partial charge in [0.25, 0.3) is 0 Å². The molecule has 0 aromatic carbocycles. The van der Waals surface area contributed by atoms with Gasteiger partial charge in [-0.2, -0.15) is 0 Å². The lowest BCUT2D eigenvalue weighted by Gasteiger charge is -2.22. The van der Waals surface area contributed by atoms with Crippen LogP contribution in [-0.2, 0) is 0 Å². The van der Waals surface area contributed by atoms with E-state index >= 15 is 0 Å². The first-order chi connectivity index (χ1) is 5.83. The molecule has 2 rings (SSSR count). The molecular weight excluding hydrogens is 146 g/mol. The van der Waals surface area contributed by atoms with E-state index in [0.717, 1.165) is 6.42 Å². The number of hydrogen-bond donors (Lipinski definition) is 1. The quantitative estimate of drug-likeness (QED) is 0.623. The zero-order valence-corrected chi connectivity index (χ0v) is 7.67. The molecule has 2 aliphatic rings. The molecule has 2 atom stereocenters. The predicted molar refractivity (Wildman–Crippen MR) is 51.4 cm³/mol. The van der Waals surface area contributed by atoms with E-state index in [2.05, 4.69) is 43.6 Å². The topological polar surface area (TPSA) is 12.0 Å². The van der Waals surface area contributed by atoms with Crippen molar-refractivity contribution in [1.29, 1.82) is 0 Å². The van der Waals surface area contributed by atoms with Gasteiger partial charge in [0.05, 0.1) is 0 Å². The van der Waals surface area contributed by atoms with Crippen molar-refractivity contribution in [2.45, 2.75) is 20.3 Å².